The summed E-state index contributed by atoms with van der Waals surface area (Å²) in [6.07, 6.45) is 11.9. The molecule has 0 unspecified atom stereocenters. The number of aryl methyl sites for hydroxylation is 1. The SMILES string of the molecule is CCCCCCc1ccc2nccc(-c3ccncc3)c2c1. The summed E-state index contributed by atoms with van der Waals surface area (Å²) in [6, 6.07) is 12.9. The third kappa shape index (κ3) is 3.33. The van der Waals surface area contributed by atoms with Gasteiger partial charge in [-0.3, -0.25) is 9.97 Å². The molecule has 0 saturated carbocycles. The van der Waals surface area contributed by atoms with Crippen molar-refractivity contribution in [2.45, 2.75) is 39.0 Å². The average molecular weight is 290 g/mol. The summed E-state index contributed by atoms with van der Waals surface area (Å²) in [7, 11) is 0. The summed E-state index contributed by atoms with van der Waals surface area (Å²) >= 11 is 0. The van der Waals surface area contributed by atoms with E-state index < -0.39 is 0 Å². The van der Waals surface area contributed by atoms with E-state index in [0.717, 1.165) is 11.9 Å². The Kier molecular flexibility index (Phi) is 4.79. The lowest BCUT2D eigenvalue weighted by Gasteiger charge is -2.08. The van der Waals surface area contributed by atoms with Crippen LogP contribution < -0.4 is 0 Å². The maximum Gasteiger partial charge on any atom is 0.0708 e. The number of aromatic nitrogens is 2. The van der Waals surface area contributed by atoms with E-state index in [-0.39, 0.29) is 0 Å². The van der Waals surface area contributed by atoms with Crippen LogP contribution in [0, 0.1) is 0 Å². The van der Waals surface area contributed by atoms with Gasteiger partial charge < -0.3 is 0 Å². The van der Waals surface area contributed by atoms with Crippen LogP contribution in [0.3, 0.4) is 0 Å². The van der Waals surface area contributed by atoms with Gasteiger partial charge in [-0.25, -0.2) is 0 Å². The van der Waals surface area contributed by atoms with Crippen LogP contribution in [-0.2, 0) is 6.42 Å². The highest BCUT2D eigenvalue weighted by Crippen LogP contribution is 2.28. The van der Waals surface area contributed by atoms with E-state index in [9.17, 15) is 0 Å². The van der Waals surface area contributed by atoms with Crippen molar-refractivity contribution >= 4 is 10.9 Å². The van der Waals surface area contributed by atoms with Gasteiger partial charge in [-0.05, 0) is 59.9 Å². The Morgan fingerprint density at radius 1 is 0.864 bits per heavy atom. The van der Waals surface area contributed by atoms with Gasteiger partial charge in [0.2, 0.25) is 0 Å². The van der Waals surface area contributed by atoms with E-state index in [1.54, 1.807) is 0 Å². The van der Waals surface area contributed by atoms with E-state index in [1.807, 2.05) is 18.6 Å². The summed E-state index contributed by atoms with van der Waals surface area (Å²) < 4.78 is 0. The van der Waals surface area contributed by atoms with Crippen molar-refractivity contribution in [3.63, 3.8) is 0 Å². The minimum absolute atomic E-state index is 1.06. The molecule has 0 aliphatic heterocycles. The number of hydrogen-bond donors (Lipinski definition) is 0. The normalized spacial score (nSPS) is 11.0. The van der Waals surface area contributed by atoms with E-state index in [0.29, 0.717) is 0 Å². The molecule has 0 radical (unpaired) electrons. The Balaban J connectivity index is 1.92. The molecular formula is C20H22N2. The molecule has 3 rings (SSSR count). The van der Waals surface area contributed by atoms with Gasteiger partial charge in [0.05, 0.1) is 5.52 Å². The number of hydrogen-bond acceptors (Lipinski definition) is 2. The molecule has 2 heteroatoms. The van der Waals surface area contributed by atoms with Gasteiger partial charge in [-0.15, -0.1) is 0 Å². The standard InChI is InChI=1S/C20H22N2/c1-2-3-4-5-6-16-7-8-20-19(15-16)18(11-14-22-20)17-9-12-21-13-10-17/h7-15H,2-6H2,1H3. The molecule has 112 valence electrons. The molecule has 22 heavy (non-hydrogen) atoms. The molecule has 0 saturated heterocycles. The summed E-state index contributed by atoms with van der Waals surface area (Å²) in [5.41, 5.74) is 4.91. The third-order valence-corrected chi connectivity index (χ3v) is 4.12. The molecule has 3 aromatic rings. The minimum Gasteiger partial charge on any atom is -0.265 e. The first kappa shape index (κ1) is 14.7. The van der Waals surface area contributed by atoms with E-state index in [1.165, 1.54) is 47.8 Å². The number of benzene rings is 1. The predicted octanol–water partition coefficient (Wildman–Crippen LogP) is 5.42. The first-order chi connectivity index (χ1) is 10.9. The fourth-order valence-electron chi connectivity index (χ4n) is 2.89. The second-order valence-electron chi connectivity index (χ2n) is 5.76. The largest absolute Gasteiger partial charge is 0.265 e. The molecule has 0 amide bonds. The van der Waals surface area contributed by atoms with Gasteiger partial charge in [0.15, 0.2) is 0 Å². The number of unbranched alkanes of at least 4 members (excludes halogenated alkanes) is 3. The van der Waals surface area contributed by atoms with Crippen molar-refractivity contribution in [1.29, 1.82) is 0 Å². The molecule has 0 fully saturated rings. The molecule has 0 atom stereocenters. The topological polar surface area (TPSA) is 25.8 Å². The van der Waals surface area contributed by atoms with Gasteiger partial charge in [0.1, 0.15) is 0 Å². The zero-order valence-electron chi connectivity index (χ0n) is 13.1. The smallest absolute Gasteiger partial charge is 0.0708 e. The van der Waals surface area contributed by atoms with Crippen LogP contribution in [0.2, 0.25) is 0 Å². The maximum atomic E-state index is 4.50. The average Bonchev–Trinajstić information content (AvgIpc) is 2.59. The van der Waals surface area contributed by atoms with E-state index in [4.69, 9.17) is 0 Å². The molecular weight excluding hydrogens is 268 g/mol. The van der Waals surface area contributed by atoms with Crippen LogP contribution in [0.1, 0.15) is 38.2 Å². The number of nitrogens with zero attached hydrogens (tertiary/aromatic N) is 2. The lowest BCUT2D eigenvalue weighted by atomic mass is 9.98. The third-order valence-electron chi connectivity index (χ3n) is 4.12. The van der Waals surface area contributed by atoms with Crippen molar-refractivity contribution in [1.82, 2.24) is 9.97 Å². The van der Waals surface area contributed by atoms with Gasteiger partial charge in [-0.1, -0.05) is 32.3 Å². The van der Waals surface area contributed by atoms with Crippen molar-refractivity contribution in [3.05, 3.63) is 60.6 Å². The molecule has 0 aliphatic carbocycles. The Bertz CT molecular complexity index is 735. The Morgan fingerprint density at radius 3 is 2.55 bits per heavy atom. The number of fused-ring (bicyclic) bond motifs is 1. The van der Waals surface area contributed by atoms with Gasteiger partial charge >= 0.3 is 0 Å². The summed E-state index contributed by atoms with van der Waals surface area (Å²) in [5, 5.41) is 1.24. The molecule has 0 spiro atoms. The zero-order valence-corrected chi connectivity index (χ0v) is 13.1. The number of pyridine rings is 2. The molecule has 1 aromatic carbocycles. The summed E-state index contributed by atoms with van der Waals surface area (Å²) in [5.74, 6) is 0. The highest BCUT2D eigenvalue weighted by Gasteiger charge is 2.05. The van der Waals surface area contributed by atoms with Crippen LogP contribution in [0.15, 0.2) is 55.0 Å². The molecule has 2 nitrogen and oxygen atoms in total. The minimum atomic E-state index is 1.06. The van der Waals surface area contributed by atoms with Gasteiger partial charge in [0.25, 0.3) is 0 Å². The second kappa shape index (κ2) is 7.17. The predicted molar refractivity (Wildman–Crippen MR) is 92.8 cm³/mol. The Hall–Kier alpha value is -2.22. The van der Waals surface area contributed by atoms with Crippen LogP contribution >= 0.6 is 0 Å². The van der Waals surface area contributed by atoms with Crippen LogP contribution in [0.5, 0.6) is 0 Å². The maximum absolute atomic E-state index is 4.50. The van der Waals surface area contributed by atoms with Gasteiger partial charge in [-0.2, -0.15) is 0 Å². The molecule has 0 N–H and O–H groups in total. The Morgan fingerprint density at radius 2 is 1.73 bits per heavy atom. The van der Waals surface area contributed by atoms with Crippen molar-refractivity contribution in [2.75, 3.05) is 0 Å². The molecule has 2 heterocycles. The quantitative estimate of drug-likeness (QED) is 0.566. The molecule has 0 bridgehead atoms. The summed E-state index contributed by atoms with van der Waals surface area (Å²) in [4.78, 5) is 8.61. The highest BCUT2D eigenvalue weighted by molar-refractivity contribution is 5.94. The fourth-order valence-corrected chi connectivity index (χ4v) is 2.89. The van der Waals surface area contributed by atoms with Crippen molar-refractivity contribution in [3.8, 4) is 11.1 Å². The van der Waals surface area contributed by atoms with Crippen molar-refractivity contribution < 1.29 is 0 Å². The van der Waals surface area contributed by atoms with Crippen molar-refractivity contribution in [2.24, 2.45) is 0 Å². The van der Waals surface area contributed by atoms with Crippen LogP contribution in [0.25, 0.3) is 22.0 Å². The highest BCUT2D eigenvalue weighted by atomic mass is 14.6. The Labute approximate surface area is 132 Å². The zero-order chi connectivity index (χ0) is 15.2. The van der Waals surface area contributed by atoms with E-state index in [2.05, 4.69) is 53.3 Å². The van der Waals surface area contributed by atoms with Gasteiger partial charge in [0, 0.05) is 24.0 Å². The fraction of sp³-hybridized carbons (Fsp3) is 0.300. The van der Waals surface area contributed by atoms with Crippen LogP contribution in [0.4, 0.5) is 0 Å². The molecule has 0 aliphatic rings. The second-order valence-corrected chi connectivity index (χ2v) is 5.76. The van der Waals surface area contributed by atoms with E-state index >= 15 is 0 Å². The van der Waals surface area contributed by atoms with Crippen LogP contribution in [-0.4, -0.2) is 9.97 Å². The molecule has 2 aromatic heterocycles. The lowest BCUT2D eigenvalue weighted by Crippen LogP contribution is -1.89. The first-order valence-corrected chi connectivity index (χ1v) is 8.16. The monoisotopic (exact) mass is 290 g/mol. The number of rotatable bonds is 6. The lowest BCUT2D eigenvalue weighted by molar-refractivity contribution is 0.667. The summed E-state index contributed by atoms with van der Waals surface area (Å²) in [6.45, 7) is 2.25. The first-order valence-electron chi connectivity index (χ1n) is 8.16.